The van der Waals surface area contributed by atoms with E-state index in [1.807, 2.05) is 0 Å². The van der Waals surface area contributed by atoms with Crippen molar-refractivity contribution in [1.29, 1.82) is 0 Å². The number of nitrogens with one attached hydrogen (secondary N) is 2. The Balaban J connectivity index is 1.45. The van der Waals surface area contributed by atoms with Gasteiger partial charge in [-0.3, -0.25) is 9.59 Å². The van der Waals surface area contributed by atoms with Gasteiger partial charge in [0.15, 0.2) is 0 Å². The zero-order valence-corrected chi connectivity index (χ0v) is 15.1. The Kier molecular flexibility index (Phi) is 4.60. The third-order valence-corrected chi connectivity index (χ3v) is 4.76. The highest BCUT2D eigenvalue weighted by Crippen LogP contribution is 2.19. The van der Waals surface area contributed by atoms with E-state index < -0.39 is 6.04 Å². The molecule has 1 unspecified atom stereocenters. The molecule has 2 aromatic carbocycles. The number of hydrogen-bond donors (Lipinski definition) is 2. The minimum Gasteiger partial charge on any atom is -0.361 e. The maximum Gasteiger partial charge on any atom is 0.278 e. The van der Waals surface area contributed by atoms with Gasteiger partial charge in [-0.1, -0.05) is 17.3 Å². The summed E-state index contributed by atoms with van der Waals surface area (Å²) in [4.78, 5) is 28.1. The van der Waals surface area contributed by atoms with Crippen molar-refractivity contribution in [1.82, 2.24) is 25.3 Å². The molecule has 0 radical (unpaired) electrons. The molecule has 0 aliphatic heterocycles. The van der Waals surface area contributed by atoms with Crippen molar-refractivity contribution in [3.63, 3.8) is 0 Å². The number of benzene rings is 2. The van der Waals surface area contributed by atoms with E-state index in [0.29, 0.717) is 23.9 Å². The minimum absolute atomic E-state index is 0.305. The van der Waals surface area contributed by atoms with Crippen molar-refractivity contribution in [2.24, 2.45) is 0 Å². The van der Waals surface area contributed by atoms with E-state index in [9.17, 15) is 14.0 Å². The molecule has 4 rings (SSSR count). The van der Waals surface area contributed by atoms with Crippen LogP contribution in [0.3, 0.4) is 0 Å². The third-order valence-electron chi connectivity index (χ3n) is 4.76. The van der Waals surface area contributed by atoms with Crippen LogP contribution in [0, 0.1) is 5.82 Å². The number of rotatable bonds is 5. The summed E-state index contributed by atoms with van der Waals surface area (Å²) in [6.45, 7) is 1.95. The Labute approximate surface area is 159 Å². The van der Waals surface area contributed by atoms with Gasteiger partial charge in [0.1, 0.15) is 17.4 Å². The molecule has 0 saturated carbocycles. The molecule has 28 heavy (non-hydrogen) atoms. The average molecular weight is 379 g/mol. The smallest absolute Gasteiger partial charge is 0.278 e. The van der Waals surface area contributed by atoms with Gasteiger partial charge in [0.05, 0.1) is 5.39 Å². The summed E-state index contributed by atoms with van der Waals surface area (Å²) in [5.74, 6) is -0.641. The summed E-state index contributed by atoms with van der Waals surface area (Å²) in [6, 6.07) is 10.6. The summed E-state index contributed by atoms with van der Waals surface area (Å²) < 4.78 is 14.5. The van der Waals surface area contributed by atoms with Gasteiger partial charge >= 0.3 is 0 Å². The van der Waals surface area contributed by atoms with Crippen LogP contribution in [0.1, 0.15) is 18.5 Å². The Hall–Kier alpha value is -3.55. The lowest BCUT2D eigenvalue weighted by Gasteiger charge is -2.13. The van der Waals surface area contributed by atoms with E-state index in [4.69, 9.17) is 0 Å². The van der Waals surface area contributed by atoms with Gasteiger partial charge in [-0.25, -0.2) is 4.39 Å². The van der Waals surface area contributed by atoms with E-state index in [2.05, 4.69) is 20.6 Å². The number of amides is 1. The van der Waals surface area contributed by atoms with Gasteiger partial charge in [-0.05, 0) is 49.2 Å². The fourth-order valence-corrected chi connectivity index (χ4v) is 3.19. The number of aromatic amines is 1. The number of hydrogen-bond acceptors (Lipinski definition) is 4. The van der Waals surface area contributed by atoms with Crippen LogP contribution in [0.15, 0.2) is 53.5 Å². The van der Waals surface area contributed by atoms with E-state index in [-0.39, 0.29) is 17.3 Å². The maximum absolute atomic E-state index is 13.5. The summed E-state index contributed by atoms with van der Waals surface area (Å²) in [5, 5.41) is 11.9. The molecule has 0 aliphatic rings. The van der Waals surface area contributed by atoms with E-state index in [1.54, 1.807) is 43.5 Å². The maximum atomic E-state index is 13.5. The monoisotopic (exact) mass is 379 g/mol. The summed E-state index contributed by atoms with van der Waals surface area (Å²) in [7, 11) is 0. The van der Waals surface area contributed by atoms with Crippen molar-refractivity contribution >= 4 is 27.7 Å². The first kappa shape index (κ1) is 17.8. The Morgan fingerprint density at radius 3 is 2.93 bits per heavy atom. The van der Waals surface area contributed by atoms with E-state index >= 15 is 0 Å². The summed E-state index contributed by atoms with van der Waals surface area (Å²) >= 11 is 0. The number of fused-ring (bicyclic) bond motifs is 2. The SMILES string of the molecule is CC(C(=O)NCCc1c[nH]c2ccc(F)cc12)n1nnc2ccccc2c1=O. The average Bonchev–Trinajstić information content (AvgIpc) is 3.10. The van der Waals surface area contributed by atoms with Gasteiger partial charge in [0.25, 0.3) is 5.56 Å². The molecule has 2 N–H and O–H groups in total. The lowest BCUT2D eigenvalue weighted by molar-refractivity contribution is -0.124. The molecule has 4 aromatic rings. The molecule has 1 amide bonds. The lowest BCUT2D eigenvalue weighted by Crippen LogP contribution is -2.38. The quantitative estimate of drug-likeness (QED) is 0.557. The highest BCUT2D eigenvalue weighted by Gasteiger charge is 2.19. The van der Waals surface area contributed by atoms with Crippen LogP contribution < -0.4 is 10.9 Å². The molecule has 1 atom stereocenters. The lowest BCUT2D eigenvalue weighted by atomic mass is 10.1. The van der Waals surface area contributed by atoms with Gasteiger partial charge in [-0.2, -0.15) is 4.68 Å². The van der Waals surface area contributed by atoms with Crippen LogP contribution in [0.2, 0.25) is 0 Å². The first-order valence-electron chi connectivity index (χ1n) is 8.92. The number of nitrogens with zero attached hydrogens (tertiary/aromatic N) is 3. The fraction of sp³-hybridized carbons (Fsp3) is 0.200. The molecule has 2 aromatic heterocycles. The van der Waals surface area contributed by atoms with Crippen molar-refractivity contribution in [2.45, 2.75) is 19.4 Å². The predicted octanol–water partition coefficient (Wildman–Crippen LogP) is 2.33. The second-order valence-corrected chi connectivity index (χ2v) is 6.58. The van der Waals surface area contributed by atoms with Crippen LogP contribution in [0.4, 0.5) is 4.39 Å². The molecule has 0 bridgehead atoms. The van der Waals surface area contributed by atoms with E-state index in [1.165, 1.54) is 12.1 Å². The van der Waals surface area contributed by atoms with E-state index in [0.717, 1.165) is 21.1 Å². The number of carbonyl (C=O) groups excluding carboxylic acids is 1. The number of aromatic nitrogens is 4. The largest absolute Gasteiger partial charge is 0.361 e. The van der Waals surface area contributed by atoms with Crippen LogP contribution in [-0.2, 0) is 11.2 Å². The summed E-state index contributed by atoms with van der Waals surface area (Å²) in [5.41, 5.74) is 1.88. The molecule has 0 aliphatic carbocycles. The number of H-pyrrole nitrogens is 1. The summed E-state index contributed by atoms with van der Waals surface area (Å²) in [6.07, 6.45) is 2.33. The zero-order valence-electron chi connectivity index (χ0n) is 15.1. The van der Waals surface area contributed by atoms with Gasteiger partial charge < -0.3 is 10.3 Å². The Morgan fingerprint density at radius 2 is 2.07 bits per heavy atom. The van der Waals surface area contributed by atoms with Crippen LogP contribution in [0.5, 0.6) is 0 Å². The molecule has 7 nitrogen and oxygen atoms in total. The van der Waals surface area contributed by atoms with Crippen molar-refractivity contribution in [3.8, 4) is 0 Å². The van der Waals surface area contributed by atoms with Gasteiger partial charge in [0.2, 0.25) is 5.91 Å². The van der Waals surface area contributed by atoms with Crippen molar-refractivity contribution < 1.29 is 9.18 Å². The predicted molar refractivity (Wildman–Crippen MR) is 103 cm³/mol. The number of halogens is 1. The highest BCUT2D eigenvalue weighted by atomic mass is 19.1. The molecule has 0 spiro atoms. The molecule has 142 valence electrons. The zero-order chi connectivity index (χ0) is 19.7. The van der Waals surface area contributed by atoms with Gasteiger partial charge in [0, 0.05) is 23.6 Å². The molecular formula is C20H18FN5O2. The van der Waals surface area contributed by atoms with Crippen LogP contribution >= 0.6 is 0 Å². The Bertz CT molecular complexity index is 1230. The number of carbonyl (C=O) groups is 1. The molecular weight excluding hydrogens is 361 g/mol. The molecule has 0 saturated heterocycles. The van der Waals surface area contributed by atoms with Crippen molar-refractivity contribution in [2.75, 3.05) is 6.54 Å². The molecule has 2 heterocycles. The third kappa shape index (κ3) is 3.24. The first-order chi connectivity index (χ1) is 13.5. The molecule has 8 heteroatoms. The second kappa shape index (κ2) is 7.22. The fourth-order valence-electron chi connectivity index (χ4n) is 3.19. The van der Waals surface area contributed by atoms with Crippen molar-refractivity contribution in [3.05, 3.63) is 70.4 Å². The second-order valence-electron chi connectivity index (χ2n) is 6.58. The molecule has 0 fully saturated rings. The Morgan fingerprint density at radius 1 is 1.25 bits per heavy atom. The van der Waals surface area contributed by atoms with Crippen LogP contribution in [0.25, 0.3) is 21.8 Å². The van der Waals surface area contributed by atoms with Gasteiger partial charge in [-0.15, -0.1) is 5.10 Å². The minimum atomic E-state index is -0.801. The topological polar surface area (TPSA) is 92.7 Å². The standard InChI is InChI=1S/C20H18FN5O2/c1-12(26-20(28)15-4-2-3-5-18(15)24-25-26)19(27)22-9-8-13-11-23-17-7-6-14(21)10-16(13)17/h2-7,10-12,23H,8-9H2,1H3,(H,22,27). The van der Waals surface area contributed by atoms with Crippen LogP contribution in [-0.4, -0.2) is 32.4 Å². The highest BCUT2D eigenvalue weighted by molar-refractivity contribution is 5.84. The first-order valence-corrected chi connectivity index (χ1v) is 8.92. The normalized spacial score (nSPS) is 12.4.